The first-order valence-corrected chi connectivity index (χ1v) is 6.97. The molecule has 1 saturated heterocycles. The molecule has 1 aliphatic rings. The molecule has 1 aromatic rings. The Bertz CT molecular complexity index is 309. The largest absolute Gasteiger partial charge is 0.377 e. The molecule has 84 valence electrons. The fourth-order valence-electron chi connectivity index (χ4n) is 1.78. The van der Waals surface area contributed by atoms with Crippen LogP contribution in [0.5, 0.6) is 0 Å². The lowest BCUT2D eigenvalue weighted by Gasteiger charge is -2.15. The van der Waals surface area contributed by atoms with Gasteiger partial charge in [-0.25, -0.2) is 0 Å². The molecule has 0 aliphatic carbocycles. The van der Waals surface area contributed by atoms with Gasteiger partial charge in [-0.1, -0.05) is 0 Å². The van der Waals surface area contributed by atoms with E-state index in [1.165, 1.54) is 21.5 Å². The normalized spacial score (nSPS) is 23.2. The van der Waals surface area contributed by atoms with Crippen molar-refractivity contribution in [1.29, 1.82) is 0 Å². The fourth-order valence-corrected chi connectivity index (χ4v) is 3.23. The molecule has 0 aromatic carbocycles. The van der Waals surface area contributed by atoms with Gasteiger partial charge in [-0.2, -0.15) is 0 Å². The summed E-state index contributed by atoms with van der Waals surface area (Å²) in [5.74, 6) is 0. The number of hydrogen-bond acceptors (Lipinski definition) is 3. The van der Waals surface area contributed by atoms with Gasteiger partial charge < -0.3 is 10.1 Å². The molecule has 0 saturated carbocycles. The summed E-state index contributed by atoms with van der Waals surface area (Å²) in [6.45, 7) is 4.11. The van der Waals surface area contributed by atoms with Crippen molar-refractivity contribution in [1.82, 2.24) is 5.32 Å². The summed E-state index contributed by atoms with van der Waals surface area (Å²) in [7, 11) is 0. The van der Waals surface area contributed by atoms with Gasteiger partial charge in [0.1, 0.15) is 0 Å². The molecule has 1 aliphatic heterocycles. The van der Waals surface area contributed by atoms with E-state index in [0.717, 1.165) is 13.2 Å². The molecule has 4 heteroatoms. The summed E-state index contributed by atoms with van der Waals surface area (Å²) in [4.78, 5) is 1.37. The smallest absolute Gasteiger partial charge is 0.0701 e. The zero-order valence-corrected chi connectivity index (χ0v) is 11.2. The van der Waals surface area contributed by atoms with Crippen LogP contribution >= 0.6 is 27.3 Å². The third-order valence-corrected chi connectivity index (χ3v) is 4.50. The van der Waals surface area contributed by atoms with E-state index in [2.05, 4.69) is 40.3 Å². The van der Waals surface area contributed by atoms with Gasteiger partial charge in [0.25, 0.3) is 0 Å². The lowest BCUT2D eigenvalue weighted by molar-refractivity contribution is 0.108. The highest BCUT2D eigenvalue weighted by Gasteiger charge is 2.16. The van der Waals surface area contributed by atoms with Crippen LogP contribution < -0.4 is 5.32 Å². The van der Waals surface area contributed by atoms with Gasteiger partial charge in [0, 0.05) is 24.1 Å². The van der Waals surface area contributed by atoms with Crippen LogP contribution in [0.3, 0.4) is 0 Å². The molecular formula is C11H16BrNOS. The van der Waals surface area contributed by atoms with Crippen LogP contribution in [0.4, 0.5) is 0 Å². The lowest BCUT2D eigenvalue weighted by Crippen LogP contribution is -2.28. The summed E-state index contributed by atoms with van der Waals surface area (Å²) >= 11 is 5.28. The Labute approximate surface area is 103 Å². The molecule has 0 spiro atoms. The van der Waals surface area contributed by atoms with Crippen LogP contribution in [0.2, 0.25) is 0 Å². The van der Waals surface area contributed by atoms with Crippen molar-refractivity contribution in [2.24, 2.45) is 0 Å². The third kappa shape index (κ3) is 3.28. The molecule has 1 N–H and O–H groups in total. The second-order valence-corrected chi connectivity index (χ2v) is 6.40. The minimum absolute atomic E-state index is 0.422. The standard InChI is InChI=1S/C11H16BrNOS/c1-8(10-4-5-11(12)15-10)13-7-9-3-2-6-14-9/h4-5,8-9,13H,2-3,6-7H2,1H3/t8-,9-/m1/s1. The summed E-state index contributed by atoms with van der Waals surface area (Å²) in [5.41, 5.74) is 0. The summed E-state index contributed by atoms with van der Waals surface area (Å²) in [6.07, 6.45) is 2.84. The Morgan fingerprint density at radius 1 is 1.67 bits per heavy atom. The molecule has 2 rings (SSSR count). The second-order valence-electron chi connectivity index (χ2n) is 3.91. The molecule has 0 unspecified atom stereocenters. The molecule has 1 fully saturated rings. The van der Waals surface area contributed by atoms with Crippen molar-refractivity contribution in [3.05, 3.63) is 20.8 Å². The van der Waals surface area contributed by atoms with Crippen molar-refractivity contribution in [2.45, 2.75) is 31.9 Å². The predicted octanol–water partition coefficient (Wildman–Crippen LogP) is 3.34. The van der Waals surface area contributed by atoms with E-state index < -0.39 is 0 Å². The first kappa shape index (κ1) is 11.6. The first-order valence-electron chi connectivity index (χ1n) is 5.36. The van der Waals surface area contributed by atoms with Gasteiger partial charge in [0.15, 0.2) is 0 Å². The number of ether oxygens (including phenoxy) is 1. The summed E-state index contributed by atoms with van der Waals surface area (Å²) in [5, 5.41) is 3.52. The van der Waals surface area contributed by atoms with E-state index >= 15 is 0 Å². The van der Waals surface area contributed by atoms with Crippen molar-refractivity contribution in [3.63, 3.8) is 0 Å². The van der Waals surface area contributed by atoms with E-state index in [1.54, 1.807) is 11.3 Å². The summed E-state index contributed by atoms with van der Waals surface area (Å²) < 4.78 is 6.77. The maximum absolute atomic E-state index is 5.58. The minimum Gasteiger partial charge on any atom is -0.377 e. The minimum atomic E-state index is 0.422. The van der Waals surface area contributed by atoms with Crippen LogP contribution in [0.15, 0.2) is 15.9 Å². The van der Waals surface area contributed by atoms with Gasteiger partial charge in [-0.3, -0.25) is 0 Å². The highest BCUT2D eigenvalue weighted by Crippen LogP contribution is 2.27. The average Bonchev–Trinajstić information content (AvgIpc) is 2.84. The van der Waals surface area contributed by atoms with Gasteiger partial charge in [-0.05, 0) is 47.8 Å². The highest BCUT2D eigenvalue weighted by molar-refractivity contribution is 9.11. The van der Waals surface area contributed by atoms with Crippen molar-refractivity contribution in [2.75, 3.05) is 13.2 Å². The molecule has 0 amide bonds. The Balaban J connectivity index is 1.79. The van der Waals surface area contributed by atoms with Gasteiger partial charge in [0.05, 0.1) is 9.89 Å². The van der Waals surface area contributed by atoms with Gasteiger partial charge >= 0.3 is 0 Å². The number of nitrogens with one attached hydrogen (secondary N) is 1. The lowest BCUT2D eigenvalue weighted by atomic mass is 10.2. The maximum atomic E-state index is 5.58. The molecule has 2 nitrogen and oxygen atoms in total. The first-order chi connectivity index (χ1) is 7.25. The van der Waals surface area contributed by atoms with E-state index in [1.807, 2.05) is 0 Å². The average molecular weight is 290 g/mol. The molecule has 2 heterocycles. The van der Waals surface area contributed by atoms with E-state index in [0.29, 0.717) is 12.1 Å². The molecule has 15 heavy (non-hydrogen) atoms. The van der Waals surface area contributed by atoms with E-state index in [4.69, 9.17) is 4.74 Å². The Kier molecular flexibility index (Phi) is 4.20. The topological polar surface area (TPSA) is 21.3 Å². The predicted molar refractivity (Wildman–Crippen MR) is 67.4 cm³/mol. The monoisotopic (exact) mass is 289 g/mol. The molecule has 0 radical (unpaired) electrons. The second kappa shape index (κ2) is 5.43. The van der Waals surface area contributed by atoms with Crippen molar-refractivity contribution >= 4 is 27.3 Å². The molecule has 0 bridgehead atoms. The third-order valence-electron chi connectivity index (χ3n) is 2.70. The van der Waals surface area contributed by atoms with E-state index in [-0.39, 0.29) is 0 Å². The van der Waals surface area contributed by atoms with Gasteiger partial charge in [-0.15, -0.1) is 11.3 Å². The van der Waals surface area contributed by atoms with Gasteiger partial charge in [0.2, 0.25) is 0 Å². The Hall–Kier alpha value is 0.1000. The SMILES string of the molecule is C[C@@H](NC[C@H]1CCCO1)c1ccc(Br)s1. The fraction of sp³-hybridized carbons (Fsp3) is 0.636. The molecular weight excluding hydrogens is 274 g/mol. The van der Waals surface area contributed by atoms with Crippen LogP contribution in [-0.2, 0) is 4.74 Å². The molecule has 2 atom stereocenters. The summed E-state index contributed by atoms with van der Waals surface area (Å²) in [6, 6.07) is 4.69. The van der Waals surface area contributed by atoms with E-state index in [9.17, 15) is 0 Å². The zero-order valence-electron chi connectivity index (χ0n) is 8.83. The Morgan fingerprint density at radius 2 is 2.53 bits per heavy atom. The zero-order chi connectivity index (χ0) is 10.7. The number of rotatable bonds is 4. The maximum Gasteiger partial charge on any atom is 0.0701 e. The van der Waals surface area contributed by atoms with Crippen LogP contribution in [0, 0.1) is 0 Å². The van der Waals surface area contributed by atoms with Crippen LogP contribution in [0.1, 0.15) is 30.7 Å². The number of halogens is 1. The molecule has 1 aromatic heterocycles. The quantitative estimate of drug-likeness (QED) is 0.918. The van der Waals surface area contributed by atoms with Crippen molar-refractivity contribution < 1.29 is 4.74 Å². The van der Waals surface area contributed by atoms with Crippen LogP contribution in [0.25, 0.3) is 0 Å². The van der Waals surface area contributed by atoms with Crippen molar-refractivity contribution in [3.8, 4) is 0 Å². The van der Waals surface area contributed by atoms with Crippen LogP contribution in [-0.4, -0.2) is 19.3 Å². The number of thiophene rings is 1. The Morgan fingerprint density at radius 3 is 3.13 bits per heavy atom. The number of hydrogen-bond donors (Lipinski definition) is 1. The highest BCUT2D eigenvalue weighted by atomic mass is 79.9.